The maximum atomic E-state index is 14.2. The van der Waals surface area contributed by atoms with Crippen molar-refractivity contribution in [1.29, 1.82) is 0 Å². The normalized spacial score (nSPS) is 20.7. The van der Waals surface area contributed by atoms with Gasteiger partial charge in [0.1, 0.15) is 0 Å². The SMILES string of the molecule is C[C@@H](/C=C/CC(=O)N1Cc2ccccc2C[C@H]1CO)[C@]1(O)C(=O)N(Cc2ccc(N3N=C(c4ccccc4)CCC3=O)cc2)c2ccc(Br)cc21. The molecule has 2 N–H and O–H groups in total. The number of fused-ring (bicyclic) bond motifs is 2. The Labute approximate surface area is 305 Å². The highest BCUT2D eigenvalue weighted by Gasteiger charge is 2.52. The lowest BCUT2D eigenvalue weighted by molar-refractivity contribution is -0.139. The fourth-order valence-corrected chi connectivity index (χ4v) is 7.63. The number of carbonyl (C=O) groups is 3. The minimum Gasteiger partial charge on any atom is -0.394 e. The summed E-state index contributed by atoms with van der Waals surface area (Å²) < 4.78 is 0.729. The molecule has 3 aliphatic rings. The van der Waals surface area contributed by atoms with E-state index >= 15 is 0 Å². The molecule has 0 unspecified atom stereocenters. The number of hydrogen-bond donors (Lipinski definition) is 2. The van der Waals surface area contributed by atoms with Crippen molar-refractivity contribution in [3.05, 3.63) is 142 Å². The molecule has 10 heteroatoms. The quantitative estimate of drug-likeness (QED) is 0.197. The van der Waals surface area contributed by atoms with Crippen LogP contribution in [0.3, 0.4) is 0 Å². The first-order chi connectivity index (χ1) is 24.7. The topological polar surface area (TPSA) is 114 Å². The highest BCUT2D eigenvalue weighted by atomic mass is 79.9. The van der Waals surface area contributed by atoms with E-state index in [1.165, 1.54) is 5.01 Å². The van der Waals surface area contributed by atoms with Crippen molar-refractivity contribution in [2.45, 2.75) is 57.3 Å². The predicted octanol–water partition coefficient (Wildman–Crippen LogP) is 6.24. The molecular weight excluding hydrogens is 708 g/mol. The summed E-state index contributed by atoms with van der Waals surface area (Å²) in [7, 11) is 0. The number of anilines is 2. The van der Waals surface area contributed by atoms with Gasteiger partial charge in [0, 0.05) is 41.8 Å². The summed E-state index contributed by atoms with van der Waals surface area (Å²) in [6, 6.07) is 30.3. The molecule has 0 radical (unpaired) electrons. The molecule has 3 amide bonds. The number of nitrogens with zero attached hydrogens (tertiary/aromatic N) is 4. The van der Waals surface area contributed by atoms with Gasteiger partial charge in [0.2, 0.25) is 11.8 Å². The molecule has 0 saturated heterocycles. The first-order valence-corrected chi connectivity index (χ1v) is 18.0. The van der Waals surface area contributed by atoms with E-state index in [2.05, 4.69) is 21.0 Å². The summed E-state index contributed by atoms with van der Waals surface area (Å²) >= 11 is 3.51. The Kier molecular flexibility index (Phi) is 9.74. The second-order valence-corrected chi connectivity index (χ2v) is 14.3. The Morgan fingerprint density at radius 3 is 2.45 bits per heavy atom. The monoisotopic (exact) mass is 746 g/mol. The average Bonchev–Trinajstić information content (AvgIpc) is 3.36. The number of benzene rings is 4. The summed E-state index contributed by atoms with van der Waals surface area (Å²) in [5.74, 6) is -1.33. The number of halogens is 1. The largest absolute Gasteiger partial charge is 0.394 e. The molecule has 0 spiro atoms. The van der Waals surface area contributed by atoms with E-state index < -0.39 is 17.4 Å². The third-order valence-corrected chi connectivity index (χ3v) is 10.6. The summed E-state index contributed by atoms with van der Waals surface area (Å²) in [5.41, 5.74) is 4.72. The molecule has 3 heterocycles. The summed E-state index contributed by atoms with van der Waals surface area (Å²) in [4.78, 5) is 43.6. The van der Waals surface area contributed by atoms with Gasteiger partial charge in [-0.3, -0.25) is 14.4 Å². The van der Waals surface area contributed by atoms with Crippen LogP contribution in [0.4, 0.5) is 11.4 Å². The number of carbonyl (C=O) groups excluding carboxylic acids is 3. The van der Waals surface area contributed by atoms with Crippen molar-refractivity contribution in [2.24, 2.45) is 11.0 Å². The van der Waals surface area contributed by atoms with E-state index in [0.717, 1.165) is 32.4 Å². The number of aliphatic hydroxyl groups is 2. The number of amides is 3. The molecule has 0 fully saturated rings. The van der Waals surface area contributed by atoms with Crippen LogP contribution in [-0.2, 0) is 39.5 Å². The molecule has 9 nitrogen and oxygen atoms in total. The van der Waals surface area contributed by atoms with Crippen LogP contribution in [0.2, 0.25) is 0 Å². The van der Waals surface area contributed by atoms with E-state index in [4.69, 9.17) is 0 Å². The Hall–Kier alpha value is -4.90. The molecule has 3 aliphatic heterocycles. The molecule has 0 bridgehead atoms. The highest BCUT2D eigenvalue weighted by Crippen LogP contribution is 2.47. The first kappa shape index (κ1) is 34.5. The summed E-state index contributed by atoms with van der Waals surface area (Å²) in [6.45, 7) is 2.28. The zero-order valence-corrected chi connectivity index (χ0v) is 29.9. The predicted molar refractivity (Wildman–Crippen MR) is 200 cm³/mol. The lowest BCUT2D eigenvalue weighted by Crippen LogP contribution is -2.46. The van der Waals surface area contributed by atoms with Gasteiger partial charge in [-0.1, -0.05) is 102 Å². The number of aliphatic hydroxyl groups excluding tert-OH is 1. The fourth-order valence-electron chi connectivity index (χ4n) is 7.27. The average molecular weight is 748 g/mol. The van der Waals surface area contributed by atoms with Crippen molar-refractivity contribution in [1.82, 2.24) is 4.90 Å². The van der Waals surface area contributed by atoms with E-state index in [0.29, 0.717) is 42.7 Å². The molecule has 4 aromatic carbocycles. The Morgan fingerprint density at radius 1 is 0.980 bits per heavy atom. The first-order valence-electron chi connectivity index (χ1n) is 17.2. The van der Waals surface area contributed by atoms with Gasteiger partial charge in [0.05, 0.1) is 36.3 Å². The van der Waals surface area contributed by atoms with Crippen molar-refractivity contribution >= 4 is 50.7 Å². The van der Waals surface area contributed by atoms with Gasteiger partial charge < -0.3 is 20.0 Å². The lowest BCUT2D eigenvalue weighted by atomic mass is 9.83. The minimum atomic E-state index is -1.86. The van der Waals surface area contributed by atoms with Gasteiger partial charge in [-0.15, -0.1) is 0 Å². The maximum Gasteiger partial charge on any atom is 0.264 e. The van der Waals surface area contributed by atoms with Crippen LogP contribution in [0.5, 0.6) is 0 Å². The van der Waals surface area contributed by atoms with Gasteiger partial charge in [-0.05, 0) is 59.0 Å². The molecule has 7 rings (SSSR count). The van der Waals surface area contributed by atoms with Crippen molar-refractivity contribution in [2.75, 3.05) is 16.5 Å². The Balaban J connectivity index is 1.07. The third-order valence-electron chi connectivity index (χ3n) is 10.2. The Bertz CT molecular complexity index is 2030. The van der Waals surface area contributed by atoms with Gasteiger partial charge in [-0.25, -0.2) is 5.01 Å². The summed E-state index contributed by atoms with van der Waals surface area (Å²) in [5, 5.41) is 28.3. The smallest absolute Gasteiger partial charge is 0.264 e. The molecule has 3 atom stereocenters. The zero-order chi connectivity index (χ0) is 35.7. The molecule has 0 saturated carbocycles. The standard InChI is InChI=1S/C41H39BrN4O5/c1-27(8-7-13-38(48)44-25-31-12-6-5-11-30(31)22-34(44)26-47)41(51)35-23-32(42)16-20-37(35)45(40(41)50)24-28-14-17-33(18-15-28)46-39(49)21-19-36(43-46)29-9-3-2-4-10-29/h2-12,14-18,20,23,27,34,47,51H,13,19,21-22,24-26H2,1H3/b8-7+/t27-,34-,41+/m0/s1. The van der Waals surface area contributed by atoms with E-state index in [9.17, 15) is 24.6 Å². The molecule has 0 aromatic heterocycles. The lowest BCUT2D eigenvalue weighted by Gasteiger charge is -2.36. The summed E-state index contributed by atoms with van der Waals surface area (Å²) in [6.07, 6.45) is 5.04. The number of rotatable bonds is 9. The number of hydrogen-bond acceptors (Lipinski definition) is 6. The van der Waals surface area contributed by atoms with Crippen LogP contribution in [0.15, 0.2) is 119 Å². The van der Waals surface area contributed by atoms with Crippen LogP contribution in [0.1, 0.15) is 54.0 Å². The third kappa shape index (κ3) is 6.67. The van der Waals surface area contributed by atoms with Crippen LogP contribution < -0.4 is 9.91 Å². The molecule has 0 aliphatic carbocycles. The van der Waals surface area contributed by atoms with Crippen LogP contribution >= 0.6 is 15.9 Å². The van der Waals surface area contributed by atoms with Crippen LogP contribution in [0.25, 0.3) is 0 Å². The molecule has 260 valence electrons. The second kappa shape index (κ2) is 14.4. The van der Waals surface area contributed by atoms with Gasteiger partial charge in [-0.2, -0.15) is 5.10 Å². The Morgan fingerprint density at radius 2 is 1.71 bits per heavy atom. The minimum absolute atomic E-state index is 0.0745. The van der Waals surface area contributed by atoms with Crippen molar-refractivity contribution < 1.29 is 24.6 Å². The van der Waals surface area contributed by atoms with Gasteiger partial charge in [0.15, 0.2) is 5.60 Å². The number of hydrazone groups is 1. The molecular formula is C41H39BrN4O5. The molecule has 4 aromatic rings. The van der Waals surface area contributed by atoms with E-state index in [1.807, 2.05) is 91.0 Å². The highest BCUT2D eigenvalue weighted by molar-refractivity contribution is 9.10. The van der Waals surface area contributed by atoms with Crippen LogP contribution in [-0.4, -0.2) is 51.2 Å². The van der Waals surface area contributed by atoms with E-state index in [-0.39, 0.29) is 37.4 Å². The fraction of sp³-hybridized carbons (Fsp3) is 0.268. The van der Waals surface area contributed by atoms with Crippen molar-refractivity contribution in [3.8, 4) is 0 Å². The van der Waals surface area contributed by atoms with Gasteiger partial charge in [0.25, 0.3) is 5.91 Å². The van der Waals surface area contributed by atoms with Gasteiger partial charge >= 0.3 is 0 Å². The van der Waals surface area contributed by atoms with Crippen LogP contribution in [0, 0.1) is 5.92 Å². The van der Waals surface area contributed by atoms with E-state index in [1.54, 1.807) is 34.9 Å². The maximum absolute atomic E-state index is 14.2. The molecule has 51 heavy (non-hydrogen) atoms. The second-order valence-electron chi connectivity index (χ2n) is 13.4. The zero-order valence-electron chi connectivity index (χ0n) is 28.3. The van der Waals surface area contributed by atoms with Crippen molar-refractivity contribution in [3.63, 3.8) is 0 Å².